The molecule has 0 aliphatic carbocycles. The summed E-state index contributed by atoms with van der Waals surface area (Å²) >= 11 is 5.93. The average Bonchev–Trinajstić information content (AvgIpc) is 2.61. The summed E-state index contributed by atoms with van der Waals surface area (Å²) in [5.74, 6) is 0. The van der Waals surface area contributed by atoms with Gasteiger partial charge < -0.3 is 0 Å². The first kappa shape index (κ1) is 15.3. The first-order valence-corrected chi connectivity index (χ1v) is 7.96. The largest absolute Gasteiger partial charge is 0.198 e. The number of rotatable bonds is 4. The highest BCUT2D eigenvalue weighted by atomic mass is 35.5. The summed E-state index contributed by atoms with van der Waals surface area (Å²) in [7, 11) is 0. The molecule has 1 nitrogen and oxygen atoms in total. The molecule has 3 aromatic rings. The molecule has 0 aliphatic heterocycles. The molecule has 0 heterocycles. The monoisotopic (exact) mass is 317 g/mol. The van der Waals surface area contributed by atoms with E-state index in [9.17, 15) is 0 Å². The normalized spacial score (nSPS) is 10.3. The molecule has 0 saturated heterocycles. The Balaban J connectivity index is 1.79. The number of benzene rings is 3. The molecule has 112 valence electrons. The third-order valence-electron chi connectivity index (χ3n) is 3.88. The van der Waals surface area contributed by atoms with E-state index in [1.807, 2.05) is 24.3 Å². The van der Waals surface area contributed by atoms with Crippen LogP contribution >= 0.6 is 11.6 Å². The van der Waals surface area contributed by atoms with Gasteiger partial charge in [0, 0.05) is 11.4 Å². The average molecular weight is 318 g/mol. The second kappa shape index (κ2) is 7.13. The molecule has 2 heteroatoms. The molecule has 0 atom stereocenters. The van der Waals surface area contributed by atoms with Gasteiger partial charge in [-0.05, 0) is 46.4 Å². The van der Waals surface area contributed by atoms with Gasteiger partial charge >= 0.3 is 0 Å². The predicted octanol–water partition coefficient (Wildman–Crippen LogP) is 6.13. The second-order valence-electron chi connectivity index (χ2n) is 5.44. The maximum absolute atomic E-state index is 8.64. The first-order valence-electron chi connectivity index (χ1n) is 7.58. The fourth-order valence-corrected chi connectivity index (χ4v) is 2.69. The minimum absolute atomic E-state index is 0.565. The van der Waals surface area contributed by atoms with Gasteiger partial charge in [-0.3, -0.25) is 0 Å². The molecule has 0 spiro atoms. The smallest absolute Gasteiger partial charge is 0.0625 e. The zero-order valence-electron chi connectivity index (χ0n) is 12.7. The summed E-state index contributed by atoms with van der Waals surface area (Å²) in [6.45, 7) is 0. The van der Waals surface area contributed by atoms with Crippen LogP contribution in [0.3, 0.4) is 0 Å². The fourth-order valence-electron chi connectivity index (χ4n) is 2.56. The lowest BCUT2D eigenvalue weighted by Gasteiger charge is -2.06. The highest BCUT2D eigenvalue weighted by Gasteiger charge is 2.01. The third-order valence-corrected chi connectivity index (χ3v) is 4.13. The van der Waals surface area contributed by atoms with Crippen LogP contribution in [0.2, 0.25) is 5.02 Å². The van der Waals surface area contributed by atoms with Gasteiger partial charge in [-0.2, -0.15) is 5.26 Å². The number of halogens is 1. The molecule has 3 aromatic carbocycles. The van der Waals surface area contributed by atoms with Crippen LogP contribution in [0.25, 0.3) is 22.3 Å². The van der Waals surface area contributed by atoms with Crippen molar-refractivity contribution in [1.29, 1.82) is 5.26 Å². The molecule has 0 bridgehead atoms. The summed E-state index contributed by atoms with van der Waals surface area (Å²) in [6, 6.07) is 27.0. The minimum atomic E-state index is 0.565. The molecular weight excluding hydrogens is 302 g/mol. The second-order valence-corrected chi connectivity index (χ2v) is 5.88. The van der Waals surface area contributed by atoms with Gasteiger partial charge in [0.2, 0.25) is 0 Å². The van der Waals surface area contributed by atoms with E-state index in [1.54, 1.807) is 0 Å². The van der Waals surface area contributed by atoms with Crippen molar-refractivity contribution < 1.29 is 0 Å². The number of hydrogen-bond acceptors (Lipinski definition) is 1. The van der Waals surface area contributed by atoms with Crippen LogP contribution < -0.4 is 0 Å². The van der Waals surface area contributed by atoms with Gasteiger partial charge in [-0.25, -0.2) is 0 Å². The number of nitrogens with zero attached hydrogens (tertiary/aromatic N) is 1. The predicted molar refractivity (Wildman–Crippen MR) is 96.3 cm³/mol. The summed E-state index contributed by atoms with van der Waals surface area (Å²) in [5, 5.41) is 9.39. The standard InChI is InChI=1S/C21H16ClN/c22-21-13-11-20(12-14-21)19-9-7-18(8-10-19)17-5-3-16(4-6-17)2-1-15-23/h3-14H,1-2H2. The molecular formula is C21H16ClN. The van der Waals surface area contributed by atoms with Crippen molar-refractivity contribution in [2.45, 2.75) is 12.8 Å². The quantitative estimate of drug-likeness (QED) is 0.567. The van der Waals surface area contributed by atoms with Crippen molar-refractivity contribution in [2.75, 3.05) is 0 Å². The topological polar surface area (TPSA) is 23.8 Å². The van der Waals surface area contributed by atoms with E-state index in [2.05, 4.69) is 54.6 Å². The zero-order valence-corrected chi connectivity index (χ0v) is 13.4. The van der Waals surface area contributed by atoms with Gasteiger partial charge in [0.05, 0.1) is 6.07 Å². The van der Waals surface area contributed by atoms with Crippen molar-refractivity contribution in [3.05, 3.63) is 83.4 Å². The molecule has 0 unspecified atom stereocenters. The molecule has 0 saturated carbocycles. The van der Waals surface area contributed by atoms with Crippen molar-refractivity contribution in [3.8, 4) is 28.3 Å². The minimum Gasteiger partial charge on any atom is -0.198 e. The molecule has 0 aliphatic rings. The molecule has 23 heavy (non-hydrogen) atoms. The lowest BCUT2D eigenvalue weighted by Crippen LogP contribution is -1.84. The third kappa shape index (κ3) is 3.80. The van der Waals surface area contributed by atoms with Crippen molar-refractivity contribution in [2.24, 2.45) is 0 Å². The summed E-state index contributed by atoms with van der Waals surface area (Å²) in [5.41, 5.74) is 5.92. The van der Waals surface area contributed by atoms with E-state index in [0.29, 0.717) is 6.42 Å². The van der Waals surface area contributed by atoms with Crippen LogP contribution in [-0.4, -0.2) is 0 Å². The number of nitriles is 1. The Hall–Kier alpha value is -2.56. The van der Waals surface area contributed by atoms with Crippen LogP contribution in [0.4, 0.5) is 0 Å². The number of aryl methyl sites for hydroxylation is 1. The Morgan fingerprint density at radius 2 is 1.04 bits per heavy atom. The number of hydrogen-bond donors (Lipinski definition) is 0. The van der Waals surface area contributed by atoms with Crippen LogP contribution in [0.5, 0.6) is 0 Å². The van der Waals surface area contributed by atoms with Crippen LogP contribution in [0.1, 0.15) is 12.0 Å². The highest BCUT2D eigenvalue weighted by molar-refractivity contribution is 6.30. The molecule has 0 aromatic heterocycles. The van der Waals surface area contributed by atoms with E-state index in [-0.39, 0.29) is 0 Å². The first-order chi connectivity index (χ1) is 11.3. The van der Waals surface area contributed by atoms with Crippen molar-refractivity contribution in [3.63, 3.8) is 0 Å². The summed E-state index contributed by atoms with van der Waals surface area (Å²) < 4.78 is 0. The van der Waals surface area contributed by atoms with E-state index in [1.165, 1.54) is 22.3 Å². The molecule has 0 amide bonds. The molecule has 3 rings (SSSR count). The molecule has 0 fully saturated rings. The Labute approximate surface area is 141 Å². The van der Waals surface area contributed by atoms with Crippen molar-refractivity contribution in [1.82, 2.24) is 0 Å². The SMILES string of the molecule is N#CCCc1ccc(-c2ccc(-c3ccc(Cl)cc3)cc2)cc1. The molecule has 0 radical (unpaired) electrons. The van der Waals surface area contributed by atoms with Crippen LogP contribution in [-0.2, 0) is 6.42 Å². The molecule has 0 N–H and O–H groups in total. The van der Waals surface area contributed by atoms with E-state index < -0.39 is 0 Å². The van der Waals surface area contributed by atoms with Crippen LogP contribution in [0.15, 0.2) is 72.8 Å². The lowest BCUT2D eigenvalue weighted by atomic mass is 9.99. The highest BCUT2D eigenvalue weighted by Crippen LogP contribution is 2.26. The summed E-state index contributed by atoms with van der Waals surface area (Å²) in [6.07, 6.45) is 1.38. The maximum Gasteiger partial charge on any atom is 0.0625 e. The van der Waals surface area contributed by atoms with Gasteiger partial charge in [0.1, 0.15) is 0 Å². The Morgan fingerprint density at radius 1 is 0.652 bits per heavy atom. The lowest BCUT2D eigenvalue weighted by molar-refractivity contribution is 1.01. The van der Waals surface area contributed by atoms with Gasteiger partial charge in [-0.15, -0.1) is 0 Å². The van der Waals surface area contributed by atoms with Crippen molar-refractivity contribution >= 4 is 11.6 Å². The summed E-state index contributed by atoms with van der Waals surface area (Å²) in [4.78, 5) is 0. The van der Waals surface area contributed by atoms with Gasteiger partial charge in [0.25, 0.3) is 0 Å². The Morgan fingerprint density at radius 3 is 1.48 bits per heavy atom. The Kier molecular flexibility index (Phi) is 4.76. The van der Waals surface area contributed by atoms with E-state index in [4.69, 9.17) is 16.9 Å². The van der Waals surface area contributed by atoms with E-state index in [0.717, 1.165) is 17.0 Å². The fraction of sp³-hybridized carbons (Fsp3) is 0.0952. The maximum atomic E-state index is 8.64. The Bertz CT molecular complexity index is 810. The van der Waals surface area contributed by atoms with E-state index >= 15 is 0 Å². The van der Waals surface area contributed by atoms with Gasteiger partial charge in [-0.1, -0.05) is 72.3 Å². The zero-order chi connectivity index (χ0) is 16.1. The van der Waals surface area contributed by atoms with Crippen LogP contribution in [0, 0.1) is 11.3 Å². The van der Waals surface area contributed by atoms with Gasteiger partial charge in [0.15, 0.2) is 0 Å².